The second-order valence-electron chi connectivity index (χ2n) is 5.88. The highest BCUT2D eigenvalue weighted by Gasteiger charge is 2.26. The van der Waals surface area contributed by atoms with E-state index in [4.69, 9.17) is 5.26 Å². The molecule has 0 radical (unpaired) electrons. The van der Waals surface area contributed by atoms with Crippen LogP contribution in [0.5, 0.6) is 0 Å². The predicted octanol–water partition coefficient (Wildman–Crippen LogP) is 1.01. The standard InChI is InChI=1S/C16H18N4O2/c1-10-9-20(6-5-14(10)21)13-7-15(22)19(2)12-4-3-11(8-17)18-16(12)13/h3-4,7,10,14,21H,5-6,9H2,1-2H3/t10?,14-/m1/s1. The van der Waals surface area contributed by atoms with Gasteiger partial charge in [-0.05, 0) is 24.5 Å². The van der Waals surface area contributed by atoms with Gasteiger partial charge in [0.05, 0.1) is 17.3 Å². The summed E-state index contributed by atoms with van der Waals surface area (Å²) < 4.78 is 1.54. The summed E-state index contributed by atoms with van der Waals surface area (Å²) in [6.07, 6.45) is 0.354. The Hall–Kier alpha value is -2.39. The van der Waals surface area contributed by atoms with Crippen LogP contribution in [0.15, 0.2) is 23.0 Å². The van der Waals surface area contributed by atoms with Crippen LogP contribution in [0.3, 0.4) is 0 Å². The molecule has 3 rings (SSSR count). The first-order valence-corrected chi connectivity index (χ1v) is 7.35. The minimum Gasteiger partial charge on any atom is -0.393 e. The normalized spacial score (nSPS) is 21.8. The highest BCUT2D eigenvalue weighted by molar-refractivity contribution is 5.88. The number of hydrogen-bond donors (Lipinski definition) is 1. The predicted molar refractivity (Wildman–Crippen MR) is 83.7 cm³/mol. The SMILES string of the molecule is CC1CN(c2cc(=O)n(C)c3ccc(C#N)nc23)CC[C@H]1O. The molecule has 0 aliphatic carbocycles. The third-order valence-corrected chi connectivity index (χ3v) is 4.38. The van der Waals surface area contributed by atoms with Crippen molar-refractivity contribution in [1.82, 2.24) is 9.55 Å². The molecule has 2 atom stereocenters. The number of aromatic nitrogens is 2. The van der Waals surface area contributed by atoms with Crippen LogP contribution in [-0.4, -0.2) is 33.9 Å². The lowest BCUT2D eigenvalue weighted by molar-refractivity contribution is 0.0971. The zero-order valence-electron chi connectivity index (χ0n) is 12.7. The summed E-state index contributed by atoms with van der Waals surface area (Å²) in [7, 11) is 1.70. The summed E-state index contributed by atoms with van der Waals surface area (Å²) in [6, 6.07) is 6.99. The maximum absolute atomic E-state index is 12.2. The van der Waals surface area contributed by atoms with Gasteiger partial charge >= 0.3 is 0 Å². The number of aliphatic hydroxyl groups excluding tert-OH is 1. The molecule has 1 unspecified atom stereocenters. The van der Waals surface area contributed by atoms with Crippen molar-refractivity contribution in [3.63, 3.8) is 0 Å². The Morgan fingerprint density at radius 1 is 1.45 bits per heavy atom. The molecular formula is C16H18N4O2. The molecule has 1 fully saturated rings. The monoisotopic (exact) mass is 298 g/mol. The first kappa shape index (κ1) is 14.5. The van der Waals surface area contributed by atoms with Crippen LogP contribution in [0, 0.1) is 17.2 Å². The lowest BCUT2D eigenvalue weighted by atomic mass is 9.96. The summed E-state index contributed by atoms with van der Waals surface area (Å²) in [4.78, 5) is 18.7. The third-order valence-electron chi connectivity index (χ3n) is 4.38. The molecule has 0 aromatic carbocycles. The van der Waals surface area contributed by atoms with E-state index in [1.54, 1.807) is 25.2 Å². The maximum atomic E-state index is 12.2. The number of nitrogens with zero attached hydrogens (tertiary/aromatic N) is 4. The molecule has 0 saturated carbocycles. The summed E-state index contributed by atoms with van der Waals surface area (Å²) >= 11 is 0. The molecule has 1 saturated heterocycles. The molecule has 2 aromatic heterocycles. The smallest absolute Gasteiger partial charge is 0.252 e. The van der Waals surface area contributed by atoms with Gasteiger partial charge in [-0.15, -0.1) is 0 Å². The van der Waals surface area contributed by atoms with E-state index in [2.05, 4.69) is 9.88 Å². The molecule has 1 N–H and O–H groups in total. The molecular weight excluding hydrogens is 280 g/mol. The molecule has 1 aliphatic rings. The van der Waals surface area contributed by atoms with Crippen LogP contribution in [0.4, 0.5) is 5.69 Å². The Morgan fingerprint density at radius 3 is 2.91 bits per heavy atom. The van der Waals surface area contributed by atoms with Crippen molar-refractivity contribution in [2.45, 2.75) is 19.4 Å². The van der Waals surface area contributed by atoms with Crippen LogP contribution in [-0.2, 0) is 7.05 Å². The largest absolute Gasteiger partial charge is 0.393 e. The van der Waals surface area contributed by atoms with Gasteiger partial charge in [0.15, 0.2) is 0 Å². The van der Waals surface area contributed by atoms with Crippen LogP contribution in [0.1, 0.15) is 19.0 Å². The highest BCUT2D eigenvalue weighted by Crippen LogP contribution is 2.28. The molecule has 6 heteroatoms. The van der Waals surface area contributed by atoms with Crippen molar-refractivity contribution in [1.29, 1.82) is 5.26 Å². The number of rotatable bonds is 1. The van der Waals surface area contributed by atoms with Crippen molar-refractivity contribution in [3.8, 4) is 6.07 Å². The first-order chi connectivity index (χ1) is 10.5. The van der Waals surface area contributed by atoms with Gasteiger partial charge in [-0.1, -0.05) is 6.92 Å². The van der Waals surface area contributed by atoms with Crippen LogP contribution < -0.4 is 10.5 Å². The van der Waals surface area contributed by atoms with Crippen molar-refractivity contribution < 1.29 is 5.11 Å². The fourth-order valence-corrected chi connectivity index (χ4v) is 2.97. The van der Waals surface area contributed by atoms with Gasteiger partial charge in [0, 0.05) is 26.2 Å². The zero-order valence-corrected chi connectivity index (χ0v) is 12.7. The van der Waals surface area contributed by atoms with E-state index in [1.807, 2.05) is 13.0 Å². The Morgan fingerprint density at radius 2 is 2.23 bits per heavy atom. The maximum Gasteiger partial charge on any atom is 0.252 e. The van der Waals surface area contributed by atoms with E-state index in [-0.39, 0.29) is 17.6 Å². The van der Waals surface area contributed by atoms with Gasteiger partial charge in [0.2, 0.25) is 0 Å². The van der Waals surface area contributed by atoms with Gasteiger partial charge in [0.1, 0.15) is 17.3 Å². The number of aliphatic hydroxyl groups is 1. The molecule has 0 amide bonds. The molecule has 3 heterocycles. The van der Waals surface area contributed by atoms with Gasteiger partial charge in [-0.3, -0.25) is 4.79 Å². The number of aryl methyl sites for hydroxylation is 1. The van der Waals surface area contributed by atoms with E-state index < -0.39 is 0 Å². The summed E-state index contributed by atoms with van der Waals surface area (Å²) in [6.45, 7) is 3.34. The van der Waals surface area contributed by atoms with E-state index >= 15 is 0 Å². The molecule has 114 valence electrons. The third kappa shape index (κ3) is 2.34. The fraction of sp³-hybridized carbons (Fsp3) is 0.438. The number of pyridine rings is 2. The molecule has 0 spiro atoms. The Bertz CT molecular complexity index is 821. The Labute approximate surface area is 128 Å². The van der Waals surface area contributed by atoms with Crippen molar-refractivity contribution in [2.75, 3.05) is 18.0 Å². The number of anilines is 1. The topological polar surface area (TPSA) is 82.2 Å². The summed E-state index contributed by atoms with van der Waals surface area (Å²) in [5.74, 6) is 0.131. The van der Waals surface area contributed by atoms with Gasteiger partial charge in [-0.2, -0.15) is 5.26 Å². The molecule has 1 aliphatic heterocycles. The van der Waals surface area contributed by atoms with E-state index in [0.717, 1.165) is 5.69 Å². The first-order valence-electron chi connectivity index (χ1n) is 7.35. The van der Waals surface area contributed by atoms with Crippen LogP contribution in [0.2, 0.25) is 0 Å². The van der Waals surface area contributed by atoms with Crippen molar-refractivity contribution in [2.24, 2.45) is 13.0 Å². The van der Waals surface area contributed by atoms with Crippen LogP contribution >= 0.6 is 0 Å². The van der Waals surface area contributed by atoms with E-state index in [1.165, 1.54) is 4.57 Å². The number of piperidine rings is 1. The zero-order chi connectivity index (χ0) is 15.9. The molecule has 22 heavy (non-hydrogen) atoms. The minimum absolute atomic E-state index is 0.104. The van der Waals surface area contributed by atoms with Gasteiger partial charge in [-0.25, -0.2) is 4.98 Å². The minimum atomic E-state index is -0.309. The lowest BCUT2D eigenvalue weighted by Gasteiger charge is -2.36. The van der Waals surface area contributed by atoms with Gasteiger partial charge in [0.25, 0.3) is 5.56 Å². The summed E-state index contributed by atoms with van der Waals surface area (Å²) in [5.41, 5.74) is 2.34. The van der Waals surface area contributed by atoms with Crippen LogP contribution in [0.25, 0.3) is 11.0 Å². The molecule has 0 bridgehead atoms. The average Bonchev–Trinajstić information content (AvgIpc) is 2.53. The Kier molecular flexibility index (Phi) is 3.59. The number of nitriles is 1. The van der Waals surface area contributed by atoms with E-state index in [0.29, 0.717) is 36.2 Å². The lowest BCUT2D eigenvalue weighted by Crippen LogP contribution is -2.42. The second-order valence-corrected chi connectivity index (χ2v) is 5.88. The fourth-order valence-electron chi connectivity index (χ4n) is 2.97. The number of fused-ring (bicyclic) bond motifs is 1. The van der Waals surface area contributed by atoms with Gasteiger partial charge < -0.3 is 14.6 Å². The summed E-state index contributed by atoms with van der Waals surface area (Å²) in [5, 5.41) is 19.0. The van der Waals surface area contributed by atoms with Crippen molar-refractivity contribution in [3.05, 3.63) is 34.2 Å². The second kappa shape index (κ2) is 5.43. The average molecular weight is 298 g/mol. The molecule has 6 nitrogen and oxygen atoms in total. The highest BCUT2D eigenvalue weighted by atomic mass is 16.3. The van der Waals surface area contributed by atoms with Crippen molar-refractivity contribution >= 4 is 16.7 Å². The Balaban J connectivity index is 2.18. The quantitative estimate of drug-likeness (QED) is 0.849. The molecule has 2 aromatic rings. The number of hydrogen-bond acceptors (Lipinski definition) is 5. The van der Waals surface area contributed by atoms with E-state index in [9.17, 15) is 9.90 Å².